The summed E-state index contributed by atoms with van der Waals surface area (Å²) in [7, 11) is 0. The predicted molar refractivity (Wildman–Crippen MR) is 93.2 cm³/mol. The van der Waals surface area contributed by atoms with E-state index in [0.717, 1.165) is 19.3 Å². The topological polar surface area (TPSA) is 32.7 Å². The minimum absolute atomic E-state index is 0.0316. The molecule has 1 aliphatic heterocycles. The van der Waals surface area contributed by atoms with E-state index >= 15 is 0 Å². The molecule has 136 valence electrons. The van der Waals surface area contributed by atoms with Crippen molar-refractivity contribution >= 4 is 17.1 Å². The molecule has 1 fully saturated rings. The smallest absolute Gasteiger partial charge is 0.291 e. The second kappa shape index (κ2) is 7.85. The van der Waals surface area contributed by atoms with Gasteiger partial charge in [-0.25, -0.2) is 0 Å². The van der Waals surface area contributed by atoms with E-state index in [1.54, 1.807) is 6.07 Å². The van der Waals surface area contributed by atoms with Crippen LogP contribution in [0.1, 0.15) is 45.6 Å². The Kier molecular flexibility index (Phi) is 6.03. The van der Waals surface area contributed by atoms with Gasteiger partial charge >= 0.3 is 6.18 Å². The second-order valence-corrected chi connectivity index (χ2v) is 6.48. The first kappa shape index (κ1) is 19.2. The molecule has 0 spiro atoms. The fourth-order valence-corrected chi connectivity index (χ4v) is 3.01. The third-order valence-electron chi connectivity index (χ3n) is 4.43. The Morgan fingerprint density at radius 1 is 1.16 bits per heavy atom. The summed E-state index contributed by atoms with van der Waals surface area (Å²) in [6.45, 7) is 5.49. The Morgan fingerprint density at radius 2 is 1.72 bits per heavy atom. The number of benzene rings is 1. The summed E-state index contributed by atoms with van der Waals surface area (Å²) in [5.74, 6) is -0.721. The van der Waals surface area contributed by atoms with E-state index in [1.807, 2.05) is 18.9 Å². The molecule has 2 unspecified atom stereocenters. The van der Waals surface area contributed by atoms with Crippen molar-refractivity contribution in [2.45, 2.75) is 58.3 Å². The summed E-state index contributed by atoms with van der Waals surface area (Å²) < 4.78 is 40.0. The van der Waals surface area contributed by atoms with Crippen molar-refractivity contribution in [3.63, 3.8) is 0 Å². The van der Waals surface area contributed by atoms with Crippen LogP contribution in [0.25, 0.3) is 5.57 Å². The molecule has 0 N–H and O–H groups in total. The number of hydrogen-bond donors (Lipinski definition) is 0. The molecule has 0 aromatic heterocycles. The first-order valence-corrected chi connectivity index (χ1v) is 8.42. The van der Waals surface area contributed by atoms with Crippen molar-refractivity contribution in [1.29, 1.82) is 0 Å². The van der Waals surface area contributed by atoms with Crippen LogP contribution in [0.4, 0.5) is 13.2 Å². The van der Waals surface area contributed by atoms with Gasteiger partial charge in [-0.3, -0.25) is 9.80 Å². The molecule has 6 heteroatoms. The zero-order chi connectivity index (χ0) is 18.6. The number of nitrogens with zero attached hydrogens (tertiary/aromatic N) is 2. The van der Waals surface area contributed by atoms with Crippen molar-refractivity contribution in [3.05, 3.63) is 42.0 Å². The number of alkyl halides is 3. The quantitative estimate of drug-likeness (QED) is 0.574. The van der Waals surface area contributed by atoms with E-state index in [2.05, 4.69) is 5.10 Å². The Morgan fingerprint density at radius 3 is 2.24 bits per heavy atom. The van der Waals surface area contributed by atoms with Gasteiger partial charge in [0.05, 0.1) is 5.57 Å². The maximum absolute atomic E-state index is 13.3. The Hall–Kier alpha value is -2.11. The summed E-state index contributed by atoms with van der Waals surface area (Å²) in [4.78, 5) is 12.3. The Balaban J connectivity index is 2.30. The number of halogens is 3. The monoisotopic (exact) mass is 352 g/mol. The third-order valence-corrected chi connectivity index (χ3v) is 4.43. The zero-order valence-electron chi connectivity index (χ0n) is 14.7. The molecule has 0 saturated carbocycles. The summed E-state index contributed by atoms with van der Waals surface area (Å²) in [6.07, 6.45) is -0.949. The van der Waals surface area contributed by atoms with Gasteiger partial charge in [0.1, 0.15) is 5.71 Å². The molecule has 0 bridgehead atoms. The molecule has 1 saturated heterocycles. The molecule has 0 amide bonds. The van der Waals surface area contributed by atoms with Gasteiger partial charge in [-0.05, 0) is 45.6 Å². The van der Waals surface area contributed by atoms with Crippen LogP contribution in [0.3, 0.4) is 0 Å². The molecule has 1 aromatic carbocycles. The first-order chi connectivity index (χ1) is 11.7. The number of allylic oxidation sites excluding steroid dienone is 2. The molecule has 2 atom stereocenters. The van der Waals surface area contributed by atoms with Gasteiger partial charge in [0.2, 0.25) is 5.78 Å². The fraction of sp³-hybridized carbons (Fsp3) is 0.474. The summed E-state index contributed by atoms with van der Waals surface area (Å²) >= 11 is 0. The van der Waals surface area contributed by atoms with Gasteiger partial charge < -0.3 is 0 Å². The van der Waals surface area contributed by atoms with Crippen molar-refractivity contribution in [3.8, 4) is 0 Å². The highest BCUT2D eigenvalue weighted by Gasteiger charge is 2.35. The van der Waals surface area contributed by atoms with Gasteiger partial charge in [0.15, 0.2) is 0 Å². The van der Waals surface area contributed by atoms with Crippen LogP contribution in [0, 0.1) is 0 Å². The number of hydrazone groups is 1. The van der Waals surface area contributed by atoms with E-state index < -0.39 is 17.5 Å². The van der Waals surface area contributed by atoms with Crippen LogP contribution in [0.15, 0.2) is 41.5 Å². The lowest BCUT2D eigenvalue weighted by Crippen LogP contribution is -2.40. The second-order valence-electron chi connectivity index (χ2n) is 6.48. The van der Waals surface area contributed by atoms with Crippen molar-refractivity contribution in [2.24, 2.45) is 5.10 Å². The van der Waals surface area contributed by atoms with Crippen LogP contribution in [0.2, 0.25) is 0 Å². The Bertz CT molecular complexity index is 655. The number of rotatable bonds is 4. The van der Waals surface area contributed by atoms with Gasteiger partial charge in [-0.15, -0.1) is 0 Å². The highest BCUT2D eigenvalue weighted by Crippen LogP contribution is 2.33. The minimum atomic E-state index is -4.61. The number of piperidine rings is 1. The van der Waals surface area contributed by atoms with Crippen molar-refractivity contribution in [2.75, 3.05) is 0 Å². The molecular formula is C19H23F3N2O. The molecule has 1 aliphatic rings. The number of carbonyl (C=O) groups is 1. The zero-order valence-corrected chi connectivity index (χ0v) is 14.7. The van der Waals surface area contributed by atoms with E-state index in [4.69, 9.17) is 0 Å². The van der Waals surface area contributed by atoms with Crippen LogP contribution in [0.5, 0.6) is 0 Å². The third kappa shape index (κ3) is 4.94. The summed E-state index contributed by atoms with van der Waals surface area (Å²) in [5, 5.41) is 6.15. The number of hydrogen-bond acceptors (Lipinski definition) is 3. The lowest BCUT2D eigenvalue weighted by atomic mass is 10.00. The molecular weight excluding hydrogens is 329 g/mol. The highest BCUT2D eigenvalue weighted by molar-refractivity contribution is 6.44. The lowest BCUT2D eigenvalue weighted by Gasteiger charge is -2.37. The van der Waals surface area contributed by atoms with Gasteiger partial charge in [-0.2, -0.15) is 18.3 Å². The largest absolute Gasteiger partial charge is 0.417 e. The Labute approximate surface area is 146 Å². The van der Waals surface area contributed by atoms with Crippen molar-refractivity contribution < 1.29 is 18.0 Å². The first-order valence-electron chi connectivity index (χ1n) is 8.42. The van der Waals surface area contributed by atoms with Gasteiger partial charge in [0, 0.05) is 18.2 Å². The molecule has 0 aliphatic carbocycles. The standard InChI is InChI=1S/C19H23F3N2O/c1-13-8-7-9-14(2)24(13)23-15(3)18(25)12-17(19(20,21)22)16-10-5-4-6-11-16/h4-6,10-14H,7-9H2,1-3H3/b17-12+,23-15+. The van der Waals surface area contributed by atoms with Crippen LogP contribution in [-0.2, 0) is 4.79 Å². The SMILES string of the molecule is C/C(=N\N1C(C)CCCC1C)C(=O)/C=C(\c1ccccc1)C(F)(F)F. The normalized spacial score (nSPS) is 22.9. The average Bonchev–Trinajstić information content (AvgIpc) is 2.55. The van der Waals surface area contributed by atoms with E-state index in [-0.39, 0.29) is 23.4 Å². The lowest BCUT2D eigenvalue weighted by molar-refractivity contribution is -0.109. The van der Waals surface area contributed by atoms with Crippen LogP contribution in [-0.4, -0.2) is 34.8 Å². The molecule has 25 heavy (non-hydrogen) atoms. The summed E-state index contributed by atoms with van der Waals surface area (Å²) in [6, 6.07) is 7.68. The van der Waals surface area contributed by atoms with E-state index in [0.29, 0.717) is 6.08 Å². The van der Waals surface area contributed by atoms with Crippen molar-refractivity contribution in [1.82, 2.24) is 5.01 Å². The molecule has 1 aromatic rings. The molecule has 1 heterocycles. The number of carbonyl (C=O) groups excluding carboxylic acids is 1. The molecule has 2 rings (SSSR count). The number of ketones is 1. The van der Waals surface area contributed by atoms with E-state index in [1.165, 1.54) is 31.2 Å². The van der Waals surface area contributed by atoms with Crippen LogP contribution >= 0.6 is 0 Å². The molecule has 3 nitrogen and oxygen atoms in total. The van der Waals surface area contributed by atoms with Gasteiger partial charge in [-0.1, -0.05) is 30.3 Å². The van der Waals surface area contributed by atoms with Gasteiger partial charge in [0.25, 0.3) is 0 Å². The van der Waals surface area contributed by atoms with E-state index in [9.17, 15) is 18.0 Å². The maximum atomic E-state index is 13.3. The summed E-state index contributed by atoms with van der Waals surface area (Å²) in [5.41, 5.74) is -0.915. The average molecular weight is 352 g/mol. The fourth-order valence-electron chi connectivity index (χ4n) is 3.01. The molecule has 0 radical (unpaired) electrons. The minimum Gasteiger partial charge on any atom is -0.291 e. The predicted octanol–water partition coefficient (Wildman–Crippen LogP) is 4.84. The van der Waals surface area contributed by atoms with Crippen LogP contribution < -0.4 is 0 Å². The highest BCUT2D eigenvalue weighted by atomic mass is 19.4. The maximum Gasteiger partial charge on any atom is 0.417 e.